The van der Waals surface area contributed by atoms with E-state index in [1.54, 1.807) is 12.1 Å². The first-order valence-electron chi connectivity index (χ1n) is 20.1. The third kappa shape index (κ3) is 8.16. The highest BCUT2D eigenvalue weighted by Crippen LogP contribution is 2.39. The molecule has 0 amide bonds. The van der Waals surface area contributed by atoms with Gasteiger partial charge in [0, 0.05) is 12.5 Å². The molecule has 0 saturated heterocycles. The molecule has 2 heterocycles. The number of aromatic nitrogens is 6. The zero-order valence-corrected chi connectivity index (χ0v) is 33.4. The average molecular weight is 791 g/mol. The van der Waals surface area contributed by atoms with Crippen molar-refractivity contribution in [3.05, 3.63) is 150 Å². The fourth-order valence-electron chi connectivity index (χ4n) is 7.93. The Kier molecular flexibility index (Phi) is 11.5. The first-order valence-corrected chi connectivity index (χ1v) is 20.1. The lowest BCUT2D eigenvalue weighted by molar-refractivity contribution is -0.0914. The molecule has 0 aliphatic heterocycles. The number of tetrazole rings is 1. The Morgan fingerprint density at radius 3 is 2.12 bits per heavy atom. The van der Waals surface area contributed by atoms with Gasteiger partial charge in [-0.15, -0.1) is 5.10 Å². The monoisotopic (exact) mass is 790 g/mol. The summed E-state index contributed by atoms with van der Waals surface area (Å²) in [5.41, 5.74) is 6.52. The molecule has 7 aromatic rings. The number of nitrogens with zero attached hydrogens (tertiary/aromatic N) is 6. The Balaban J connectivity index is 1.07. The zero-order chi connectivity index (χ0) is 40.8. The van der Waals surface area contributed by atoms with E-state index in [2.05, 4.69) is 64.9 Å². The van der Waals surface area contributed by atoms with Crippen LogP contribution in [0.1, 0.15) is 79.9 Å². The van der Waals surface area contributed by atoms with Crippen molar-refractivity contribution in [1.82, 2.24) is 29.8 Å². The highest BCUT2D eigenvalue weighted by molar-refractivity contribution is 6.02. The fraction of sp³-hybridized carbons (Fsp3) is 0.277. The second-order valence-electron chi connectivity index (χ2n) is 14.8. The van der Waals surface area contributed by atoms with Gasteiger partial charge in [-0.2, -0.15) is 4.98 Å². The predicted octanol–water partition coefficient (Wildman–Crippen LogP) is 9.60. The molecule has 12 heteroatoms. The van der Waals surface area contributed by atoms with Crippen molar-refractivity contribution in [3.63, 3.8) is 0 Å². The summed E-state index contributed by atoms with van der Waals surface area (Å²) >= 11 is 0. The molecule has 1 unspecified atom stereocenters. The van der Waals surface area contributed by atoms with E-state index >= 15 is 0 Å². The van der Waals surface area contributed by atoms with Crippen LogP contribution >= 0.6 is 0 Å². The van der Waals surface area contributed by atoms with E-state index in [9.17, 15) is 9.59 Å². The summed E-state index contributed by atoms with van der Waals surface area (Å²) in [6, 6.07) is 42.4. The molecule has 0 bridgehead atoms. The normalized spacial score (nSPS) is 13.8. The van der Waals surface area contributed by atoms with Crippen molar-refractivity contribution in [2.75, 3.05) is 6.61 Å². The van der Waals surface area contributed by atoms with Gasteiger partial charge in [-0.3, -0.25) is 4.57 Å². The lowest BCUT2D eigenvalue weighted by Gasteiger charge is -2.32. The Morgan fingerprint density at radius 1 is 0.780 bits per heavy atom. The smallest absolute Gasteiger partial charge is 0.465 e. The summed E-state index contributed by atoms with van der Waals surface area (Å²) in [5, 5.41) is 13.4. The lowest BCUT2D eigenvalue weighted by atomic mass is 9.84. The molecule has 59 heavy (non-hydrogen) atoms. The number of benzene rings is 5. The van der Waals surface area contributed by atoms with E-state index in [4.69, 9.17) is 23.9 Å². The number of fused-ring (bicyclic) bond motifs is 1. The predicted molar refractivity (Wildman–Crippen MR) is 223 cm³/mol. The van der Waals surface area contributed by atoms with Gasteiger partial charge < -0.3 is 18.9 Å². The molecule has 1 atom stereocenters. The highest BCUT2D eigenvalue weighted by atomic mass is 16.8. The van der Waals surface area contributed by atoms with E-state index in [1.807, 2.05) is 89.0 Å². The van der Waals surface area contributed by atoms with Crippen LogP contribution in [0.2, 0.25) is 0 Å². The standard InChI is InChI=1S/C47H46N6O6/c1-4-56-45-48-41-26-16-25-40(44(54)57-32(2)58-46(55)59-37-21-12-7-13-22-37)42(41)52(45)31-33-27-29-34(30-28-33)38-23-14-15-24-39(38)43-49-50-51-53(43)47(3,35-17-8-5-9-18-35)36-19-10-6-11-20-36/h5-6,8-11,14-20,23-30,32,37H,4,7,12-13,21-22,31H2,1-3H3. The highest BCUT2D eigenvalue weighted by Gasteiger charge is 2.35. The summed E-state index contributed by atoms with van der Waals surface area (Å²) in [7, 11) is 0. The van der Waals surface area contributed by atoms with Crippen LogP contribution in [-0.2, 0) is 26.3 Å². The Labute approximate surface area is 342 Å². The Hall–Kier alpha value is -6.82. The maximum absolute atomic E-state index is 13.6. The summed E-state index contributed by atoms with van der Waals surface area (Å²) in [6.45, 7) is 6.24. The van der Waals surface area contributed by atoms with E-state index in [1.165, 1.54) is 6.92 Å². The first kappa shape index (κ1) is 39.0. The molecule has 1 fully saturated rings. The van der Waals surface area contributed by atoms with Crippen molar-refractivity contribution >= 4 is 23.2 Å². The minimum Gasteiger partial charge on any atom is -0.465 e. The number of carbonyl (C=O) groups is 2. The van der Waals surface area contributed by atoms with E-state index < -0.39 is 24.0 Å². The lowest BCUT2D eigenvalue weighted by Crippen LogP contribution is -2.34. The summed E-state index contributed by atoms with van der Waals surface area (Å²) in [5.74, 6) is -0.0333. The van der Waals surface area contributed by atoms with Crippen LogP contribution < -0.4 is 4.74 Å². The van der Waals surface area contributed by atoms with Crippen LogP contribution in [0.4, 0.5) is 4.79 Å². The van der Waals surface area contributed by atoms with Crippen molar-refractivity contribution in [1.29, 1.82) is 0 Å². The quantitative estimate of drug-likeness (QED) is 0.0822. The summed E-state index contributed by atoms with van der Waals surface area (Å²) in [4.78, 5) is 30.8. The zero-order valence-electron chi connectivity index (χ0n) is 33.4. The van der Waals surface area contributed by atoms with Crippen molar-refractivity contribution in [3.8, 4) is 28.5 Å². The van der Waals surface area contributed by atoms with Crippen LogP contribution in [0.15, 0.2) is 127 Å². The van der Waals surface area contributed by atoms with Crippen molar-refractivity contribution in [2.45, 2.75) is 77.4 Å². The molecule has 0 radical (unpaired) electrons. The molecule has 2 aromatic heterocycles. The van der Waals surface area contributed by atoms with Crippen LogP contribution in [0.3, 0.4) is 0 Å². The molecule has 1 saturated carbocycles. The first-order chi connectivity index (χ1) is 28.8. The topological polar surface area (TPSA) is 132 Å². The van der Waals surface area contributed by atoms with Gasteiger partial charge in [0.05, 0.1) is 29.7 Å². The molecule has 8 rings (SSSR count). The Morgan fingerprint density at radius 2 is 1.44 bits per heavy atom. The largest absolute Gasteiger partial charge is 0.511 e. The molecule has 0 N–H and O–H groups in total. The van der Waals surface area contributed by atoms with Gasteiger partial charge in [0.15, 0.2) is 5.82 Å². The molecule has 0 spiro atoms. The molecule has 1 aliphatic rings. The number of para-hydroxylation sites is 1. The van der Waals surface area contributed by atoms with Crippen LogP contribution in [0.5, 0.6) is 6.01 Å². The van der Waals surface area contributed by atoms with Gasteiger partial charge in [-0.05, 0) is 89.9 Å². The summed E-state index contributed by atoms with van der Waals surface area (Å²) < 4.78 is 26.1. The minimum atomic E-state index is -1.16. The summed E-state index contributed by atoms with van der Waals surface area (Å²) in [6.07, 6.45) is 2.57. The number of esters is 1. The van der Waals surface area contributed by atoms with Crippen molar-refractivity contribution in [2.24, 2.45) is 0 Å². The van der Waals surface area contributed by atoms with Gasteiger partial charge in [0.2, 0.25) is 6.29 Å². The number of ether oxygens (including phenoxy) is 4. The van der Waals surface area contributed by atoms with Crippen LogP contribution in [0.25, 0.3) is 33.5 Å². The van der Waals surface area contributed by atoms with E-state index in [0.29, 0.717) is 36.0 Å². The van der Waals surface area contributed by atoms with Crippen molar-refractivity contribution < 1.29 is 28.5 Å². The number of hydrogen-bond donors (Lipinski definition) is 0. The van der Waals surface area contributed by atoms with Gasteiger partial charge in [-0.1, -0.05) is 122 Å². The Bertz CT molecular complexity index is 2490. The number of rotatable bonds is 13. The molecule has 300 valence electrons. The minimum absolute atomic E-state index is 0.178. The molecule has 12 nitrogen and oxygen atoms in total. The molecular formula is C47H46N6O6. The van der Waals surface area contributed by atoms with E-state index in [-0.39, 0.29) is 11.7 Å². The van der Waals surface area contributed by atoms with Gasteiger partial charge in [0.25, 0.3) is 6.01 Å². The molecule has 1 aliphatic carbocycles. The molecule has 5 aromatic carbocycles. The SMILES string of the molecule is CCOc1nc2cccc(C(=O)OC(C)OC(=O)OC3CCCCC3)c2n1Cc1ccc(-c2ccccc2-c2nnnn2C(C)(c2ccccc2)c2ccccc2)cc1. The van der Waals surface area contributed by atoms with E-state index in [0.717, 1.165) is 65.5 Å². The number of hydrogen-bond acceptors (Lipinski definition) is 10. The fourth-order valence-corrected chi connectivity index (χ4v) is 7.93. The molecular weight excluding hydrogens is 745 g/mol. The van der Waals surface area contributed by atoms with Gasteiger partial charge in [-0.25, -0.2) is 14.3 Å². The van der Waals surface area contributed by atoms with Crippen LogP contribution in [-0.4, -0.2) is 60.9 Å². The second kappa shape index (κ2) is 17.4. The third-order valence-electron chi connectivity index (χ3n) is 10.9. The second-order valence-corrected chi connectivity index (χ2v) is 14.8. The third-order valence-corrected chi connectivity index (χ3v) is 10.9. The van der Waals surface area contributed by atoms with Gasteiger partial charge >= 0.3 is 12.1 Å². The van der Waals surface area contributed by atoms with Gasteiger partial charge in [0.1, 0.15) is 11.6 Å². The number of imidazole rings is 1. The number of carbonyl (C=O) groups excluding carboxylic acids is 2. The average Bonchev–Trinajstić information content (AvgIpc) is 3.90. The van der Waals surface area contributed by atoms with Crippen LogP contribution in [0, 0.1) is 0 Å². The maximum atomic E-state index is 13.6. The maximum Gasteiger partial charge on any atom is 0.511 e.